The zero-order chi connectivity index (χ0) is 21.2. The van der Waals surface area contributed by atoms with Crippen LogP contribution in [0.15, 0.2) is 91.0 Å². The molecule has 31 heavy (non-hydrogen) atoms. The van der Waals surface area contributed by atoms with Crippen LogP contribution in [0.2, 0.25) is 0 Å². The fourth-order valence-electron chi connectivity index (χ4n) is 5.82. The summed E-state index contributed by atoms with van der Waals surface area (Å²) in [7, 11) is 0. The molecule has 2 aliphatic rings. The smallest absolute Gasteiger partial charge is 0.143 e. The number of benzene rings is 3. The van der Waals surface area contributed by atoms with Gasteiger partial charge in [-0.1, -0.05) is 91.0 Å². The van der Waals surface area contributed by atoms with E-state index in [4.69, 9.17) is 4.74 Å². The first-order valence-electron chi connectivity index (χ1n) is 11.5. The van der Waals surface area contributed by atoms with E-state index in [9.17, 15) is 5.11 Å². The Bertz CT molecular complexity index is 879. The number of aliphatic hydroxyl groups excluding tert-OH is 1. The van der Waals surface area contributed by atoms with Crippen LogP contribution in [0.25, 0.3) is 0 Å². The van der Waals surface area contributed by atoms with Gasteiger partial charge in [-0.05, 0) is 48.9 Å². The van der Waals surface area contributed by atoms with Gasteiger partial charge in [-0.25, -0.2) is 0 Å². The fourth-order valence-corrected chi connectivity index (χ4v) is 5.82. The number of aliphatic hydroxyl groups is 1. The van der Waals surface area contributed by atoms with E-state index in [0.717, 1.165) is 42.5 Å². The first-order valence-corrected chi connectivity index (χ1v) is 11.5. The maximum atomic E-state index is 9.91. The van der Waals surface area contributed by atoms with Gasteiger partial charge in [0, 0.05) is 11.6 Å². The molecule has 2 saturated heterocycles. The standard InChI is InChI=1S/C28H31NO2/c30-21-26-17-19-27(18-10-20-29(26)27)22-31-28(23-11-4-1-5-12-23,24-13-6-2-7-14-24)25-15-8-3-9-16-25/h1-9,11-16,26,30H,10,17-22H2/t26-,27-/m0/s1. The maximum Gasteiger partial charge on any atom is 0.143 e. The van der Waals surface area contributed by atoms with E-state index in [0.29, 0.717) is 6.61 Å². The third-order valence-electron chi connectivity index (χ3n) is 7.34. The summed E-state index contributed by atoms with van der Waals surface area (Å²) >= 11 is 0. The van der Waals surface area contributed by atoms with E-state index >= 15 is 0 Å². The highest BCUT2D eigenvalue weighted by molar-refractivity contribution is 5.47. The average Bonchev–Trinajstić information content (AvgIpc) is 3.41. The predicted octanol–water partition coefficient (Wildman–Crippen LogP) is 4.98. The molecule has 160 valence electrons. The summed E-state index contributed by atoms with van der Waals surface area (Å²) in [5.74, 6) is 0. The Kier molecular flexibility index (Phi) is 5.66. The molecule has 0 amide bonds. The second kappa shape index (κ2) is 8.58. The average molecular weight is 414 g/mol. The summed E-state index contributed by atoms with van der Waals surface area (Å²) in [5, 5.41) is 9.91. The first kappa shape index (κ1) is 20.4. The molecule has 0 bridgehead atoms. The summed E-state index contributed by atoms with van der Waals surface area (Å²) in [4.78, 5) is 2.53. The second-order valence-corrected chi connectivity index (χ2v) is 8.96. The molecule has 0 unspecified atom stereocenters. The van der Waals surface area contributed by atoms with Gasteiger partial charge < -0.3 is 9.84 Å². The maximum absolute atomic E-state index is 9.91. The van der Waals surface area contributed by atoms with E-state index in [1.54, 1.807) is 0 Å². The van der Waals surface area contributed by atoms with Gasteiger partial charge in [-0.15, -0.1) is 0 Å². The van der Waals surface area contributed by atoms with E-state index in [2.05, 4.69) is 95.9 Å². The molecule has 1 N–H and O–H groups in total. The van der Waals surface area contributed by atoms with Gasteiger partial charge in [0.05, 0.1) is 13.2 Å². The molecule has 3 heteroatoms. The lowest BCUT2D eigenvalue weighted by atomic mass is 9.79. The molecular weight excluding hydrogens is 382 g/mol. The largest absolute Gasteiger partial charge is 0.395 e. The lowest BCUT2D eigenvalue weighted by Crippen LogP contribution is -2.49. The molecule has 3 aromatic carbocycles. The summed E-state index contributed by atoms with van der Waals surface area (Å²) in [6.45, 7) is 1.95. The Morgan fingerprint density at radius 2 is 1.32 bits per heavy atom. The Morgan fingerprint density at radius 1 is 0.806 bits per heavy atom. The number of nitrogens with zero attached hydrogens (tertiary/aromatic N) is 1. The molecule has 0 spiro atoms. The molecule has 0 saturated carbocycles. The van der Waals surface area contributed by atoms with Crippen LogP contribution in [0.5, 0.6) is 0 Å². The minimum absolute atomic E-state index is 0.0248. The van der Waals surface area contributed by atoms with Crippen LogP contribution in [-0.4, -0.2) is 41.3 Å². The van der Waals surface area contributed by atoms with Crippen molar-refractivity contribution in [3.63, 3.8) is 0 Å². The highest BCUT2D eigenvalue weighted by Gasteiger charge is 2.51. The summed E-state index contributed by atoms with van der Waals surface area (Å²) in [6, 6.07) is 32.1. The van der Waals surface area contributed by atoms with Gasteiger partial charge in [-0.2, -0.15) is 0 Å². The van der Waals surface area contributed by atoms with Crippen molar-refractivity contribution in [1.29, 1.82) is 0 Å². The van der Waals surface area contributed by atoms with Crippen LogP contribution in [-0.2, 0) is 10.3 Å². The van der Waals surface area contributed by atoms with E-state index in [-0.39, 0.29) is 18.2 Å². The zero-order valence-corrected chi connectivity index (χ0v) is 18.0. The Hall–Kier alpha value is -2.46. The molecule has 5 rings (SSSR count). The first-order chi connectivity index (χ1) is 15.3. The van der Waals surface area contributed by atoms with Crippen LogP contribution in [0, 0.1) is 0 Å². The van der Waals surface area contributed by atoms with Crippen molar-refractivity contribution in [2.24, 2.45) is 0 Å². The van der Waals surface area contributed by atoms with Gasteiger partial charge in [-0.3, -0.25) is 4.90 Å². The molecule has 2 atom stereocenters. The Balaban J connectivity index is 1.61. The summed E-state index contributed by atoms with van der Waals surface area (Å²) in [5.41, 5.74) is 2.78. The minimum Gasteiger partial charge on any atom is -0.395 e. The van der Waals surface area contributed by atoms with E-state index in [1.807, 2.05) is 0 Å². The lowest BCUT2D eigenvalue weighted by Gasteiger charge is -2.41. The van der Waals surface area contributed by atoms with Crippen LogP contribution in [0.1, 0.15) is 42.4 Å². The van der Waals surface area contributed by atoms with Crippen LogP contribution in [0.4, 0.5) is 0 Å². The van der Waals surface area contributed by atoms with Crippen molar-refractivity contribution in [2.75, 3.05) is 19.8 Å². The zero-order valence-electron chi connectivity index (χ0n) is 18.0. The SMILES string of the molecule is OC[C@@H]1CC[C@]2(COC(c3ccccc3)(c3ccccc3)c3ccccc3)CCCN12. The number of rotatable bonds is 7. The minimum atomic E-state index is -0.676. The molecular formula is C28H31NO2. The molecule has 2 heterocycles. The van der Waals surface area contributed by atoms with Gasteiger partial charge in [0.2, 0.25) is 0 Å². The molecule has 2 fully saturated rings. The van der Waals surface area contributed by atoms with E-state index < -0.39 is 5.60 Å². The summed E-state index contributed by atoms with van der Waals surface area (Å²) in [6.07, 6.45) is 4.45. The van der Waals surface area contributed by atoms with Crippen molar-refractivity contribution in [2.45, 2.75) is 42.9 Å². The molecule has 2 aliphatic heterocycles. The quantitative estimate of drug-likeness (QED) is 0.554. The molecule has 0 aliphatic carbocycles. The molecule has 0 aromatic heterocycles. The van der Waals surface area contributed by atoms with Crippen molar-refractivity contribution in [3.05, 3.63) is 108 Å². The molecule has 3 nitrogen and oxygen atoms in total. The van der Waals surface area contributed by atoms with Gasteiger partial charge in [0.1, 0.15) is 5.60 Å². The van der Waals surface area contributed by atoms with Crippen LogP contribution < -0.4 is 0 Å². The number of fused-ring (bicyclic) bond motifs is 1. The summed E-state index contributed by atoms with van der Waals surface area (Å²) < 4.78 is 7.15. The number of hydrogen-bond acceptors (Lipinski definition) is 3. The molecule has 0 radical (unpaired) electrons. The topological polar surface area (TPSA) is 32.7 Å². The Morgan fingerprint density at radius 3 is 1.81 bits per heavy atom. The van der Waals surface area contributed by atoms with Crippen molar-refractivity contribution < 1.29 is 9.84 Å². The molecule has 3 aromatic rings. The second-order valence-electron chi connectivity index (χ2n) is 8.96. The van der Waals surface area contributed by atoms with Crippen LogP contribution >= 0.6 is 0 Å². The van der Waals surface area contributed by atoms with Gasteiger partial charge >= 0.3 is 0 Å². The highest BCUT2D eigenvalue weighted by atomic mass is 16.5. The van der Waals surface area contributed by atoms with Gasteiger partial charge in [0.15, 0.2) is 0 Å². The number of ether oxygens (including phenoxy) is 1. The predicted molar refractivity (Wildman–Crippen MR) is 124 cm³/mol. The normalized spacial score (nSPS) is 23.7. The van der Waals surface area contributed by atoms with Crippen molar-refractivity contribution in [1.82, 2.24) is 4.90 Å². The van der Waals surface area contributed by atoms with Gasteiger partial charge in [0.25, 0.3) is 0 Å². The van der Waals surface area contributed by atoms with E-state index in [1.165, 1.54) is 6.42 Å². The van der Waals surface area contributed by atoms with Crippen molar-refractivity contribution >= 4 is 0 Å². The fraction of sp³-hybridized carbons (Fsp3) is 0.357. The third kappa shape index (κ3) is 3.51. The highest BCUT2D eigenvalue weighted by Crippen LogP contribution is 2.46. The Labute approximate surface area is 185 Å². The lowest BCUT2D eigenvalue weighted by molar-refractivity contribution is -0.0492. The van der Waals surface area contributed by atoms with Crippen molar-refractivity contribution in [3.8, 4) is 0 Å². The number of hydrogen-bond donors (Lipinski definition) is 1. The monoisotopic (exact) mass is 413 g/mol. The van der Waals surface area contributed by atoms with Crippen LogP contribution in [0.3, 0.4) is 0 Å². The third-order valence-corrected chi connectivity index (χ3v) is 7.34.